The van der Waals surface area contributed by atoms with Crippen molar-refractivity contribution in [3.8, 4) is 0 Å². The molecule has 6 heteroatoms. The molecule has 1 saturated heterocycles. The lowest BCUT2D eigenvalue weighted by atomic mass is 10.1. The van der Waals surface area contributed by atoms with Gasteiger partial charge in [0.15, 0.2) is 0 Å². The number of aryl methyl sites for hydroxylation is 1. The predicted molar refractivity (Wildman–Crippen MR) is 134 cm³/mol. The molecule has 2 heterocycles. The molecule has 2 N–H and O–H groups in total. The Morgan fingerprint density at radius 3 is 2.38 bits per heavy atom. The Labute approximate surface area is 200 Å². The molecule has 0 aliphatic carbocycles. The second kappa shape index (κ2) is 10.9. The molecule has 2 aromatic carbocycles. The lowest BCUT2D eigenvalue weighted by Gasteiger charge is -2.29. The summed E-state index contributed by atoms with van der Waals surface area (Å²) in [7, 11) is 0. The summed E-state index contributed by atoms with van der Waals surface area (Å²) in [5, 5.41) is 5.77. The quantitative estimate of drug-likeness (QED) is 0.477. The molecule has 3 aromatic rings. The van der Waals surface area contributed by atoms with Gasteiger partial charge in [0.1, 0.15) is 11.5 Å². The van der Waals surface area contributed by atoms with Crippen LogP contribution in [-0.4, -0.2) is 24.9 Å². The van der Waals surface area contributed by atoms with Gasteiger partial charge in [-0.15, -0.1) is 0 Å². The van der Waals surface area contributed by atoms with Gasteiger partial charge in [0.05, 0.1) is 12.3 Å². The highest BCUT2D eigenvalue weighted by atomic mass is 16.3. The van der Waals surface area contributed by atoms with Crippen LogP contribution >= 0.6 is 0 Å². The standard InChI is InChI=1S/C28H31N3O3/c1-20-9-4-5-11-25(20)27(32)30-26(19-24-10-8-18-34-24)28(33)29-21(2)22-12-14-23(15-13-22)31-16-6-3-7-17-31/h4-5,8-15,18-19,21H,3,6-7,16-17H2,1-2H3,(H,29,33)(H,30,32)/b26-19-/t21-/m0/s1. The van der Waals surface area contributed by atoms with E-state index in [2.05, 4.69) is 39.8 Å². The highest BCUT2D eigenvalue weighted by Crippen LogP contribution is 2.23. The van der Waals surface area contributed by atoms with Crippen molar-refractivity contribution in [2.45, 2.75) is 39.2 Å². The van der Waals surface area contributed by atoms with Crippen LogP contribution in [0.25, 0.3) is 6.08 Å². The molecule has 0 unspecified atom stereocenters. The number of hydrogen-bond donors (Lipinski definition) is 2. The van der Waals surface area contributed by atoms with E-state index in [1.807, 2.05) is 26.0 Å². The lowest BCUT2D eigenvalue weighted by molar-refractivity contribution is -0.118. The number of rotatable bonds is 7. The van der Waals surface area contributed by atoms with E-state index in [0.717, 1.165) is 24.2 Å². The topological polar surface area (TPSA) is 74.6 Å². The molecule has 1 aliphatic rings. The first-order valence-corrected chi connectivity index (χ1v) is 11.8. The van der Waals surface area contributed by atoms with Gasteiger partial charge in [-0.3, -0.25) is 9.59 Å². The first-order chi connectivity index (χ1) is 16.5. The van der Waals surface area contributed by atoms with E-state index in [9.17, 15) is 9.59 Å². The molecule has 6 nitrogen and oxygen atoms in total. The monoisotopic (exact) mass is 457 g/mol. The average Bonchev–Trinajstić information content (AvgIpc) is 3.37. The molecule has 1 fully saturated rings. The van der Waals surface area contributed by atoms with E-state index in [1.54, 1.807) is 24.3 Å². The molecule has 1 atom stereocenters. The number of nitrogens with one attached hydrogen (secondary N) is 2. The second-order valence-electron chi connectivity index (χ2n) is 8.68. The molecule has 4 rings (SSSR count). The van der Waals surface area contributed by atoms with E-state index in [4.69, 9.17) is 4.42 Å². The predicted octanol–water partition coefficient (Wildman–Crippen LogP) is 5.23. The van der Waals surface area contributed by atoms with Crippen LogP contribution in [0.15, 0.2) is 77.0 Å². The SMILES string of the molecule is Cc1ccccc1C(=O)N/C(=C\c1ccco1)C(=O)N[C@@H](C)c1ccc(N2CCCCC2)cc1. The van der Waals surface area contributed by atoms with Gasteiger partial charge < -0.3 is 20.0 Å². The molecular weight excluding hydrogens is 426 g/mol. The molecule has 1 aromatic heterocycles. The third-order valence-electron chi connectivity index (χ3n) is 6.17. The number of hydrogen-bond acceptors (Lipinski definition) is 4. The summed E-state index contributed by atoms with van der Waals surface area (Å²) in [6, 6.07) is 18.8. The van der Waals surface area contributed by atoms with Gasteiger partial charge in [0.25, 0.3) is 11.8 Å². The fraction of sp³-hybridized carbons (Fsp3) is 0.286. The second-order valence-corrected chi connectivity index (χ2v) is 8.68. The largest absolute Gasteiger partial charge is 0.465 e. The van der Waals surface area contributed by atoms with E-state index < -0.39 is 0 Å². The summed E-state index contributed by atoms with van der Waals surface area (Å²) < 4.78 is 5.37. The zero-order valence-corrected chi connectivity index (χ0v) is 19.7. The number of benzene rings is 2. The molecular formula is C28H31N3O3. The van der Waals surface area contributed by atoms with E-state index >= 15 is 0 Å². The fourth-order valence-electron chi connectivity index (χ4n) is 4.18. The van der Waals surface area contributed by atoms with Crippen LogP contribution < -0.4 is 15.5 Å². The van der Waals surface area contributed by atoms with Gasteiger partial charge in [-0.1, -0.05) is 30.3 Å². The molecule has 0 radical (unpaired) electrons. The van der Waals surface area contributed by atoms with E-state index in [1.165, 1.54) is 37.3 Å². The number of carbonyl (C=O) groups excluding carboxylic acids is 2. The molecule has 2 amide bonds. The summed E-state index contributed by atoms with van der Waals surface area (Å²) in [5.41, 5.74) is 3.68. The third-order valence-corrected chi connectivity index (χ3v) is 6.17. The summed E-state index contributed by atoms with van der Waals surface area (Å²) >= 11 is 0. The normalized spacial score (nSPS) is 15.0. The maximum Gasteiger partial charge on any atom is 0.268 e. The average molecular weight is 458 g/mol. The molecule has 0 spiro atoms. The number of nitrogens with zero attached hydrogens (tertiary/aromatic N) is 1. The zero-order valence-electron chi connectivity index (χ0n) is 19.7. The van der Waals surface area contributed by atoms with Crippen LogP contribution in [0, 0.1) is 6.92 Å². The number of anilines is 1. The molecule has 0 saturated carbocycles. The molecule has 0 bridgehead atoms. The van der Waals surface area contributed by atoms with Crippen LogP contribution in [-0.2, 0) is 4.79 Å². The van der Waals surface area contributed by atoms with Crippen molar-refractivity contribution in [1.82, 2.24) is 10.6 Å². The maximum atomic E-state index is 13.2. The Kier molecular flexibility index (Phi) is 7.48. The van der Waals surface area contributed by atoms with Gasteiger partial charge in [-0.2, -0.15) is 0 Å². The Hall–Kier alpha value is -3.80. The van der Waals surface area contributed by atoms with Gasteiger partial charge in [-0.25, -0.2) is 0 Å². The summed E-state index contributed by atoms with van der Waals surface area (Å²) in [5.74, 6) is -0.246. The smallest absolute Gasteiger partial charge is 0.268 e. The number of carbonyl (C=O) groups is 2. The van der Waals surface area contributed by atoms with Crippen molar-refractivity contribution < 1.29 is 14.0 Å². The van der Waals surface area contributed by atoms with Gasteiger partial charge in [0, 0.05) is 30.4 Å². The van der Waals surface area contributed by atoms with Crippen LogP contribution in [0.5, 0.6) is 0 Å². The minimum absolute atomic E-state index is 0.125. The van der Waals surface area contributed by atoms with Crippen LogP contribution in [0.1, 0.15) is 59.5 Å². The number of amides is 2. The van der Waals surface area contributed by atoms with Gasteiger partial charge in [-0.05, 0) is 74.6 Å². The third kappa shape index (κ3) is 5.76. The first-order valence-electron chi connectivity index (χ1n) is 11.8. The van der Waals surface area contributed by atoms with Crippen LogP contribution in [0.3, 0.4) is 0 Å². The van der Waals surface area contributed by atoms with Crippen molar-refractivity contribution >= 4 is 23.6 Å². The van der Waals surface area contributed by atoms with Crippen molar-refractivity contribution in [3.63, 3.8) is 0 Å². The molecule has 176 valence electrons. The zero-order chi connectivity index (χ0) is 23.9. The Morgan fingerprint density at radius 2 is 1.71 bits per heavy atom. The van der Waals surface area contributed by atoms with Gasteiger partial charge >= 0.3 is 0 Å². The van der Waals surface area contributed by atoms with Crippen molar-refractivity contribution in [1.29, 1.82) is 0 Å². The fourth-order valence-corrected chi connectivity index (χ4v) is 4.18. The van der Waals surface area contributed by atoms with E-state index in [0.29, 0.717) is 11.3 Å². The minimum Gasteiger partial charge on any atom is -0.465 e. The Balaban J connectivity index is 1.48. The highest BCUT2D eigenvalue weighted by Gasteiger charge is 2.19. The van der Waals surface area contributed by atoms with Crippen molar-refractivity contribution in [2.75, 3.05) is 18.0 Å². The Bertz CT molecular complexity index is 1140. The lowest BCUT2D eigenvalue weighted by Crippen LogP contribution is -2.36. The Morgan fingerprint density at radius 1 is 0.971 bits per heavy atom. The molecule has 34 heavy (non-hydrogen) atoms. The van der Waals surface area contributed by atoms with Crippen molar-refractivity contribution in [2.24, 2.45) is 0 Å². The van der Waals surface area contributed by atoms with Crippen LogP contribution in [0.4, 0.5) is 5.69 Å². The summed E-state index contributed by atoms with van der Waals surface area (Å²) in [6.07, 6.45) is 6.82. The first kappa shape index (κ1) is 23.4. The minimum atomic E-state index is -0.383. The summed E-state index contributed by atoms with van der Waals surface area (Å²) in [4.78, 5) is 28.5. The highest BCUT2D eigenvalue weighted by molar-refractivity contribution is 6.05. The van der Waals surface area contributed by atoms with Crippen LogP contribution in [0.2, 0.25) is 0 Å². The van der Waals surface area contributed by atoms with E-state index in [-0.39, 0.29) is 23.6 Å². The summed E-state index contributed by atoms with van der Waals surface area (Å²) in [6.45, 7) is 5.97. The number of piperidine rings is 1. The number of furan rings is 1. The van der Waals surface area contributed by atoms with Crippen molar-refractivity contribution in [3.05, 3.63) is 95.1 Å². The molecule has 1 aliphatic heterocycles. The van der Waals surface area contributed by atoms with Gasteiger partial charge in [0.2, 0.25) is 0 Å². The maximum absolute atomic E-state index is 13.2.